The van der Waals surface area contributed by atoms with Crippen molar-refractivity contribution in [3.8, 4) is 0 Å². The van der Waals surface area contributed by atoms with Gasteiger partial charge in [0.2, 0.25) is 5.82 Å². The van der Waals surface area contributed by atoms with Crippen LogP contribution < -0.4 is 0 Å². The number of hydrogen-bond donors (Lipinski definition) is 0. The van der Waals surface area contributed by atoms with E-state index < -0.39 is 6.29 Å². The number of benzene rings is 1. The normalized spacial score (nSPS) is 14.0. The maximum Gasteiger partial charge on any atom is 0.283 e. The Morgan fingerprint density at radius 1 is 1.11 bits per heavy atom. The van der Waals surface area contributed by atoms with E-state index in [0.29, 0.717) is 22.9 Å². The Hall–Kier alpha value is -3.75. The van der Waals surface area contributed by atoms with Gasteiger partial charge >= 0.3 is 0 Å². The van der Waals surface area contributed by atoms with Crippen LogP contribution in [0.5, 0.6) is 0 Å². The monoisotopic (exact) mass is 364 g/mol. The molecule has 9 nitrogen and oxygen atoms in total. The van der Waals surface area contributed by atoms with Crippen molar-refractivity contribution in [3.63, 3.8) is 0 Å². The Morgan fingerprint density at radius 2 is 1.93 bits per heavy atom. The first kappa shape index (κ1) is 16.7. The standard InChI is InChI=1S/C18H16N6O3/c1-24-17(20-22-23-24)16(13-6-3-2-4-7-13)21-27-12-14-8-5-9-15(19-14)18-25-10-11-26-18/h2-11,18H,12H2,1H3. The molecule has 0 fully saturated rings. The largest absolute Gasteiger partial charge is 0.454 e. The predicted molar refractivity (Wildman–Crippen MR) is 94.0 cm³/mol. The fourth-order valence-electron chi connectivity index (χ4n) is 2.50. The molecule has 1 aliphatic heterocycles. The van der Waals surface area contributed by atoms with Crippen LogP contribution >= 0.6 is 0 Å². The third-order valence-corrected chi connectivity index (χ3v) is 3.78. The fraction of sp³-hybridized carbons (Fsp3) is 0.167. The van der Waals surface area contributed by atoms with E-state index >= 15 is 0 Å². The molecule has 1 aromatic carbocycles. The summed E-state index contributed by atoms with van der Waals surface area (Å²) in [5.74, 6) is 0.502. The Labute approximate surface area is 154 Å². The molecule has 27 heavy (non-hydrogen) atoms. The van der Waals surface area contributed by atoms with Crippen LogP contribution in [0.25, 0.3) is 0 Å². The molecule has 0 radical (unpaired) electrons. The summed E-state index contributed by atoms with van der Waals surface area (Å²) in [7, 11) is 1.74. The molecule has 2 aromatic heterocycles. The number of tetrazole rings is 1. The molecule has 4 rings (SSSR count). The molecule has 0 amide bonds. The van der Waals surface area contributed by atoms with Gasteiger partial charge in [-0.25, -0.2) is 9.67 Å². The highest BCUT2D eigenvalue weighted by molar-refractivity contribution is 6.10. The summed E-state index contributed by atoms with van der Waals surface area (Å²) in [5, 5.41) is 15.8. The first-order valence-electron chi connectivity index (χ1n) is 8.21. The average molecular weight is 364 g/mol. The Bertz CT molecular complexity index is 962. The third kappa shape index (κ3) is 3.76. The van der Waals surface area contributed by atoms with Crippen molar-refractivity contribution in [3.05, 3.63) is 83.8 Å². The van der Waals surface area contributed by atoms with Crippen molar-refractivity contribution in [2.24, 2.45) is 12.2 Å². The number of ether oxygens (including phenoxy) is 2. The van der Waals surface area contributed by atoms with Crippen LogP contribution in [0, 0.1) is 0 Å². The summed E-state index contributed by atoms with van der Waals surface area (Å²) in [6.07, 6.45) is 2.44. The molecule has 0 saturated carbocycles. The molecule has 3 heterocycles. The molecule has 0 atom stereocenters. The van der Waals surface area contributed by atoms with Crippen LogP contribution in [0.3, 0.4) is 0 Å². The summed E-state index contributed by atoms with van der Waals surface area (Å²) >= 11 is 0. The van der Waals surface area contributed by atoms with Crippen LogP contribution in [0.2, 0.25) is 0 Å². The van der Waals surface area contributed by atoms with Crippen LogP contribution in [0.4, 0.5) is 0 Å². The third-order valence-electron chi connectivity index (χ3n) is 3.78. The molecule has 0 spiro atoms. The highest BCUT2D eigenvalue weighted by Gasteiger charge is 2.18. The van der Waals surface area contributed by atoms with Gasteiger partial charge in [-0.15, -0.1) is 5.10 Å². The van der Waals surface area contributed by atoms with E-state index in [4.69, 9.17) is 14.3 Å². The highest BCUT2D eigenvalue weighted by atomic mass is 16.7. The minimum absolute atomic E-state index is 0.176. The number of aromatic nitrogens is 5. The van der Waals surface area contributed by atoms with Gasteiger partial charge in [-0.2, -0.15) is 0 Å². The van der Waals surface area contributed by atoms with Gasteiger partial charge in [0.25, 0.3) is 6.29 Å². The van der Waals surface area contributed by atoms with Crippen molar-refractivity contribution in [1.82, 2.24) is 25.2 Å². The van der Waals surface area contributed by atoms with E-state index in [1.54, 1.807) is 7.05 Å². The topological polar surface area (TPSA) is 96.5 Å². The molecule has 0 saturated heterocycles. The first-order chi connectivity index (χ1) is 13.3. The van der Waals surface area contributed by atoms with Crippen LogP contribution in [0.15, 0.2) is 66.2 Å². The first-order valence-corrected chi connectivity index (χ1v) is 8.21. The van der Waals surface area contributed by atoms with E-state index in [1.807, 2.05) is 48.5 Å². The molecular formula is C18H16N6O3. The molecule has 1 aliphatic rings. The molecule has 3 aromatic rings. The van der Waals surface area contributed by atoms with Crippen molar-refractivity contribution in [1.29, 1.82) is 0 Å². The number of rotatable bonds is 6. The fourth-order valence-corrected chi connectivity index (χ4v) is 2.50. The average Bonchev–Trinajstić information content (AvgIpc) is 3.38. The van der Waals surface area contributed by atoms with E-state index in [-0.39, 0.29) is 6.61 Å². The van der Waals surface area contributed by atoms with Gasteiger partial charge < -0.3 is 14.3 Å². The second-order valence-electron chi connectivity index (χ2n) is 5.64. The molecule has 0 N–H and O–H groups in total. The predicted octanol–water partition coefficient (Wildman–Crippen LogP) is 2.09. The van der Waals surface area contributed by atoms with Crippen LogP contribution in [0.1, 0.15) is 29.1 Å². The van der Waals surface area contributed by atoms with E-state index in [9.17, 15) is 0 Å². The lowest BCUT2D eigenvalue weighted by molar-refractivity contribution is -0.0283. The summed E-state index contributed by atoms with van der Waals surface area (Å²) in [4.78, 5) is 10.0. The zero-order valence-electron chi connectivity index (χ0n) is 14.5. The Balaban J connectivity index is 1.53. The summed E-state index contributed by atoms with van der Waals surface area (Å²) in [5.41, 5.74) is 2.73. The lowest BCUT2D eigenvalue weighted by Crippen LogP contribution is -2.12. The van der Waals surface area contributed by atoms with Crippen molar-refractivity contribution in [2.45, 2.75) is 12.9 Å². The SMILES string of the molecule is Cn1nnnc1C(=NOCc1cccc(C2OC=CO2)n1)c1ccccc1. The van der Waals surface area contributed by atoms with Crippen molar-refractivity contribution < 1.29 is 14.3 Å². The van der Waals surface area contributed by atoms with Gasteiger partial charge in [0.05, 0.1) is 5.69 Å². The number of hydrogen-bond acceptors (Lipinski definition) is 8. The minimum Gasteiger partial charge on any atom is -0.454 e. The molecule has 0 unspecified atom stereocenters. The number of oxime groups is 1. The van der Waals surface area contributed by atoms with Gasteiger partial charge in [0.1, 0.15) is 18.2 Å². The van der Waals surface area contributed by atoms with E-state index in [2.05, 4.69) is 25.7 Å². The second kappa shape index (κ2) is 7.65. The summed E-state index contributed by atoms with van der Waals surface area (Å²) < 4.78 is 12.1. The molecule has 136 valence electrons. The second-order valence-corrected chi connectivity index (χ2v) is 5.64. The van der Waals surface area contributed by atoms with Gasteiger partial charge in [0, 0.05) is 12.6 Å². The molecule has 0 bridgehead atoms. The minimum atomic E-state index is -0.530. The maximum atomic E-state index is 5.55. The maximum absolute atomic E-state index is 5.55. The smallest absolute Gasteiger partial charge is 0.283 e. The number of nitrogens with zero attached hydrogens (tertiary/aromatic N) is 6. The lowest BCUT2D eigenvalue weighted by atomic mass is 10.1. The van der Waals surface area contributed by atoms with Gasteiger partial charge in [-0.3, -0.25) is 0 Å². The highest BCUT2D eigenvalue weighted by Crippen LogP contribution is 2.22. The molecule has 9 heteroatoms. The number of pyridine rings is 1. The van der Waals surface area contributed by atoms with Crippen LogP contribution in [-0.2, 0) is 28.0 Å². The van der Waals surface area contributed by atoms with Gasteiger partial charge in [-0.1, -0.05) is 41.6 Å². The van der Waals surface area contributed by atoms with E-state index in [0.717, 1.165) is 5.56 Å². The summed E-state index contributed by atoms with van der Waals surface area (Å²) in [6.45, 7) is 0.176. The number of aryl methyl sites for hydroxylation is 1. The quantitative estimate of drug-likeness (QED) is 0.488. The van der Waals surface area contributed by atoms with Crippen molar-refractivity contribution >= 4 is 5.71 Å². The van der Waals surface area contributed by atoms with Crippen LogP contribution in [-0.4, -0.2) is 30.9 Å². The van der Waals surface area contributed by atoms with E-state index in [1.165, 1.54) is 17.2 Å². The zero-order valence-corrected chi connectivity index (χ0v) is 14.5. The van der Waals surface area contributed by atoms with Crippen molar-refractivity contribution in [2.75, 3.05) is 0 Å². The summed E-state index contributed by atoms with van der Waals surface area (Å²) in [6, 6.07) is 15.1. The zero-order chi connectivity index (χ0) is 18.5. The molecular weight excluding hydrogens is 348 g/mol. The Kier molecular flexibility index (Phi) is 4.73. The Morgan fingerprint density at radius 3 is 2.67 bits per heavy atom. The van der Waals surface area contributed by atoms with Gasteiger partial charge in [0.15, 0.2) is 12.3 Å². The van der Waals surface area contributed by atoms with Gasteiger partial charge in [-0.05, 0) is 22.6 Å². The molecule has 0 aliphatic carbocycles. The lowest BCUT2D eigenvalue weighted by Gasteiger charge is -2.10.